The van der Waals surface area contributed by atoms with Crippen LogP contribution in [0.4, 0.5) is 27.6 Å². The van der Waals surface area contributed by atoms with Crippen LogP contribution in [0.3, 0.4) is 0 Å². The summed E-state index contributed by atoms with van der Waals surface area (Å²) in [6, 6.07) is 11.9. The van der Waals surface area contributed by atoms with Crippen molar-refractivity contribution < 1.29 is 41.0 Å². The molecular weight excluding hydrogens is 487 g/mol. The first kappa shape index (κ1) is 24.7. The Hall–Kier alpha value is -4.41. The van der Waals surface area contributed by atoms with Gasteiger partial charge < -0.3 is 14.8 Å². The molecule has 0 atom stereocenters. The highest BCUT2D eigenvalue weighted by molar-refractivity contribution is 6.04. The summed E-state index contributed by atoms with van der Waals surface area (Å²) in [5.41, 5.74) is -1.59. The Kier molecular flexibility index (Phi) is 6.40. The molecule has 0 saturated carbocycles. The number of amides is 1. The normalized spacial score (nSPS) is 11.4. The first-order valence-electron chi connectivity index (χ1n) is 10.3. The van der Waals surface area contributed by atoms with Crippen molar-refractivity contribution in [3.8, 4) is 17.1 Å². The van der Waals surface area contributed by atoms with Gasteiger partial charge in [-0.1, -0.05) is 18.2 Å². The minimum atomic E-state index is -4.75. The largest absolute Gasteiger partial charge is 0.481 e. The minimum absolute atomic E-state index is 0.0811. The van der Waals surface area contributed by atoms with E-state index < -0.39 is 40.8 Å². The van der Waals surface area contributed by atoms with Gasteiger partial charge in [0.2, 0.25) is 5.88 Å². The number of aromatic nitrogens is 1. The smallest absolute Gasteiger partial charge is 0.418 e. The maximum Gasteiger partial charge on any atom is 0.418 e. The van der Waals surface area contributed by atoms with E-state index in [1.807, 2.05) is 0 Å². The molecule has 0 aliphatic carbocycles. The quantitative estimate of drug-likeness (QED) is 0.269. The van der Waals surface area contributed by atoms with E-state index in [0.29, 0.717) is 0 Å². The molecule has 2 aromatic heterocycles. The van der Waals surface area contributed by atoms with Crippen molar-refractivity contribution in [2.24, 2.45) is 0 Å². The van der Waals surface area contributed by atoms with Crippen molar-refractivity contribution in [1.29, 1.82) is 0 Å². The van der Waals surface area contributed by atoms with Crippen LogP contribution in [0.1, 0.15) is 26.3 Å². The number of methoxy groups -OCH3 is 2. The molecule has 186 valence electrons. The molecule has 0 radical (unpaired) electrons. The monoisotopic (exact) mass is 504 g/mol. The van der Waals surface area contributed by atoms with E-state index in [1.165, 1.54) is 49.6 Å². The second-order valence-electron chi connectivity index (χ2n) is 7.55. The standard InChI is InChI=1S/C25H17F5N2O4/c1-35-23-17(24(34)36-2)11-10-15-12-18(25(28,29)30)21(32(15)23)13-6-8-14(9-7-13)31-22(33)16-4-3-5-19(26)20(16)27/h3-12H,1-2H3,(H,31,33). The molecule has 0 saturated heterocycles. The van der Waals surface area contributed by atoms with E-state index in [-0.39, 0.29) is 33.9 Å². The number of nitrogens with zero attached hydrogens (tertiary/aromatic N) is 1. The van der Waals surface area contributed by atoms with Crippen LogP contribution in [0, 0.1) is 11.6 Å². The van der Waals surface area contributed by atoms with Gasteiger partial charge in [0, 0.05) is 11.2 Å². The van der Waals surface area contributed by atoms with E-state index in [9.17, 15) is 31.5 Å². The Labute approximate surface area is 200 Å². The predicted molar refractivity (Wildman–Crippen MR) is 120 cm³/mol. The molecule has 36 heavy (non-hydrogen) atoms. The number of ether oxygens (including phenoxy) is 2. The molecule has 0 aliphatic rings. The lowest BCUT2D eigenvalue weighted by atomic mass is 10.1. The zero-order valence-electron chi connectivity index (χ0n) is 18.7. The molecule has 4 rings (SSSR count). The SMILES string of the molecule is COC(=O)c1ccc2cc(C(F)(F)F)c(-c3ccc(NC(=O)c4cccc(F)c4F)cc3)n2c1OC. The zero-order valence-corrected chi connectivity index (χ0v) is 18.7. The highest BCUT2D eigenvalue weighted by Crippen LogP contribution is 2.42. The Morgan fingerprint density at radius 3 is 2.22 bits per heavy atom. The molecular formula is C25H17F5N2O4. The number of carbonyl (C=O) groups is 2. The van der Waals surface area contributed by atoms with Crippen molar-refractivity contribution in [1.82, 2.24) is 4.40 Å². The number of hydrogen-bond acceptors (Lipinski definition) is 4. The summed E-state index contributed by atoms with van der Waals surface area (Å²) in [5, 5.41) is 2.37. The molecule has 2 aromatic carbocycles. The Balaban J connectivity index is 1.81. The van der Waals surface area contributed by atoms with Crippen molar-refractivity contribution in [3.63, 3.8) is 0 Å². The Morgan fingerprint density at radius 1 is 0.917 bits per heavy atom. The zero-order chi connectivity index (χ0) is 26.2. The van der Waals surface area contributed by atoms with E-state index in [0.717, 1.165) is 29.7 Å². The number of alkyl halides is 3. The maximum absolute atomic E-state index is 14.0. The molecule has 0 bridgehead atoms. The fourth-order valence-corrected chi connectivity index (χ4v) is 3.79. The number of rotatable bonds is 5. The predicted octanol–water partition coefficient (Wildman–Crippen LogP) is 5.95. The van der Waals surface area contributed by atoms with Crippen molar-refractivity contribution >= 4 is 23.1 Å². The molecule has 11 heteroatoms. The van der Waals surface area contributed by atoms with Crippen LogP contribution in [-0.4, -0.2) is 30.5 Å². The summed E-state index contributed by atoms with van der Waals surface area (Å²) in [6.07, 6.45) is -4.75. The topological polar surface area (TPSA) is 69.0 Å². The van der Waals surface area contributed by atoms with Crippen LogP contribution in [0.2, 0.25) is 0 Å². The average Bonchev–Trinajstić information content (AvgIpc) is 3.25. The molecule has 2 heterocycles. The number of pyridine rings is 1. The fraction of sp³-hybridized carbons (Fsp3) is 0.120. The van der Waals surface area contributed by atoms with Crippen molar-refractivity contribution in [3.05, 3.63) is 89.0 Å². The molecule has 6 nitrogen and oxygen atoms in total. The van der Waals surface area contributed by atoms with Crippen LogP contribution in [-0.2, 0) is 10.9 Å². The average molecular weight is 504 g/mol. The fourth-order valence-electron chi connectivity index (χ4n) is 3.79. The second-order valence-corrected chi connectivity index (χ2v) is 7.55. The molecule has 0 spiro atoms. The molecule has 0 unspecified atom stereocenters. The summed E-state index contributed by atoms with van der Waals surface area (Å²) >= 11 is 0. The third-order valence-corrected chi connectivity index (χ3v) is 5.40. The van der Waals surface area contributed by atoms with Crippen LogP contribution in [0.5, 0.6) is 5.88 Å². The second kappa shape index (κ2) is 9.33. The summed E-state index contributed by atoms with van der Waals surface area (Å²) < 4.78 is 80.4. The highest BCUT2D eigenvalue weighted by atomic mass is 19.4. The van der Waals surface area contributed by atoms with Gasteiger partial charge in [-0.05, 0) is 48.0 Å². The van der Waals surface area contributed by atoms with Gasteiger partial charge in [-0.25, -0.2) is 13.6 Å². The number of halogens is 5. The number of hydrogen-bond donors (Lipinski definition) is 1. The van der Waals surface area contributed by atoms with Crippen LogP contribution in [0.15, 0.2) is 60.7 Å². The van der Waals surface area contributed by atoms with Crippen molar-refractivity contribution in [2.45, 2.75) is 6.18 Å². The van der Waals surface area contributed by atoms with Gasteiger partial charge in [-0.2, -0.15) is 13.2 Å². The maximum atomic E-state index is 14.0. The van der Waals surface area contributed by atoms with Gasteiger partial charge in [-0.15, -0.1) is 0 Å². The van der Waals surface area contributed by atoms with Gasteiger partial charge in [0.1, 0.15) is 5.56 Å². The lowest BCUT2D eigenvalue weighted by molar-refractivity contribution is -0.137. The summed E-state index contributed by atoms with van der Waals surface area (Å²) in [7, 11) is 2.34. The Bertz CT molecular complexity index is 1480. The molecule has 4 aromatic rings. The summed E-state index contributed by atoms with van der Waals surface area (Å²) in [4.78, 5) is 24.5. The molecule has 1 N–H and O–H groups in total. The van der Waals surface area contributed by atoms with Gasteiger partial charge in [0.15, 0.2) is 11.6 Å². The van der Waals surface area contributed by atoms with Gasteiger partial charge in [0.25, 0.3) is 5.91 Å². The van der Waals surface area contributed by atoms with Crippen LogP contribution in [0.25, 0.3) is 16.8 Å². The van der Waals surface area contributed by atoms with E-state index in [4.69, 9.17) is 9.47 Å². The van der Waals surface area contributed by atoms with E-state index >= 15 is 0 Å². The molecule has 0 fully saturated rings. The summed E-state index contributed by atoms with van der Waals surface area (Å²) in [6.45, 7) is 0. The highest BCUT2D eigenvalue weighted by Gasteiger charge is 2.37. The van der Waals surface area contributed by atoms with Crippen LogP contribution < -0.4 is 10.1 Å². The third-order valence-electron chi connectivity index (χ3n) is 5.40. The Morgan fingerprint density at radius 2 is 1.61 bits per heavy atom. The number of carbonyl (C=O) groups excluding carboxylic acids is 2. The van der Waals surface area contributed by atoms with Gasteiger partial charge >= 0.3 is 12.1 Å². The lowest BCUT2D eigenvalue weighted by Gasteiger charge is -2.15. The number of benzene rings is 2. The van der Waals surface area contributed by atoms with Crippen LogP contribution >= 0.6 is 0 Å². The van der Waals surface area contributed by atoms with E-state index in [2.05, 4.69) is 5.32 Å². The lowest BCUT2D eigenvalue weighted by Crippen LogP contribution is -2.14. The molecule has 1 amide bonds. The minimum Gasteiger partial charge on any atom is -0.481 e. The number of nitrogens with one attached hydrogen (secondary N) is 1. The first-order chi connectivity index (χ1) is 17.1. The number of fused-ring (bicyclic) bond motifs is 1. The van der Waals surface area contributed by atoms with Gasteiger partial charge in [0.05, 0.1) is 31.0 Å². The van der Waals surface area contributed by atoms with Gasteiger partial charge in [-0.3, -0.25) is 9.20 Å². The first-order valence-corrected chi connectivity index (χ1v) is 10.3. The summed E-state index contributed by atoms with van der Waals surface area (Å²) in [5.74, 6) is -4.42. The van der Waals surface area contributed by atoms with E-state index in [1.54, 1.807) is 0 Å². The third kappa shape index (κ3) is 4.35. The molecule has 0 aliphatic heterocycles. The number of esters is 1. The number of anilines is 1. The van der Waals surface area contributed by atoms with Crippen molar-refractivity contribution in [2.75, 3.05) is 19.5 Å².